The molecule has 3 nitrogen and oxygen atoms in total. The minimum absolute atomic E-state index is 0.203. The highest BCUT2D eigenvalue weighted by atomic mass is 14.9. The number of fused-ring (bicyclic) bond motifs is 1. The summed E-state index contributed by atoms with van der Waals surface area (Å²) in [7, 11) is 0. The summed E-state index contributed by atoms with van der Waals surface area (Å²) in [6.07, 6.45) is 2.89. The van der Waals surface area contributed by atoms with E-state index in [2.05, 4.69) is 29.0 Å². The number of nitriles is 1. The summed E-state index contributed by atoms with van der Waals surface area (Å²) in [6, 6.07) is 8.55. The third-order valence-corrected chi connectivity index (χ3v) is 3.38. The average molecular weight is 211 g/mol. The van der Waals surface area contributed by atoms with Crippen LogP contribution >= 0.6 is 0 Å². The first kappa shape index (κ1) is 9.41. The van der Waals surface area contributed by atoms with Gasteiger partial charge in [0.1, 0.15) is 5.82 Å². The van der Waals surface area contributed by atoms with Crippen LogP contribution in [0.4, 0.5) is 0 Å². The Bertz CT molecular complexity index is 585. The minimum atomic E-state index is -0.203. The maximum Gasteiger partial charge on any atom is 0.106 e. The molecule has 80 valence electrons. The van der Waals surface area contributed by atoms with Crippen molar-refractivity contribution in [3.05, 3.63) is 29.6 Å². The lowest BCUT2D eigenvalue weighted by Crippen LogP contribution is -2.01. The molecule has 1 aliphatic rings. The van der Waals surface area contributed by atoms with E-state index in [1.54, 1.807) is 0 Å². The van der Waals surface area contributed by atoms with Gasteiger partial charge < -0.3 is 4.98 Å². The molecule has 3 rings (SSSR count). The number of aromatic nitrogens is 2. The molecule has 0 aliphatic heterocycles. The summed E-state index contributed by atoms with van der Waals surface area (Å²) in [5, 5.41) is 9.16. The highest BCUT2D eigenvalue weighted by Gasteiger charge is 2.44. The quantitative estimate of drug-likeness (QED) is 0.830. The lowest BCUT2D eigenvalue weighted by molar-refractivity contribution is 0.910. The summed E-state index contributed by atoms with van der Waals surface area (Å²) in [6.45, 7) is 2.08. The van der Waals surface area contributed by atoms with Crippen molar-refractivity contribution >= 4 is 11.0 Å². The van der Waals surface area contributed by atoms with Gasteiger partial charge in [0.25, 0.3) is 0 Å². The van der Waals surface area contributed by atoms with E-state index in [1.807, 2.05) is 12.1 Å². The summed E-state index contributed by atoms with van der Waals surface area (Å²) in [5.74, 6) is 1.01. The molecule has 1 heterocycles. The molecule has 1 aromatic heterocycles. The fourth-order valence-corrected chi connectivity index (χ4v) is 2.12. The summed E-state index contributed by atoms with van der Waals surface area (Å²) in [4.78, 5) is 7.75. The van der Waals surface area contributed by atoms with E-state index in [-0.39, 0.29) is 5.41 Å². The number of hydrogen-bond donors (Lipinski definition) is 1. The Labute approximate surface area is 94.1 Å². The van der Waals surface area contributed by atoms with Crippen molar-refractivity contribution in [1.29, 1.82) is 5.26 Å². The van der Waals surface area contributed by atoms with Crippen LogP contribution in [0.15, 0.2) is 18.2 Å². The van der Waals surface area contributed by atoms with Gasteiger partial charge >= 0.3 is 0 Å². The van der Waals surface area contributed by atoms with Gasteiger partial charge in [-0.25, -0.2) is 4.98 Å². The third-order valence-electron chi connectivity index (χ3n) is 3.38. The van der Waals surface area contributed by atoms with Crippen molar-refractivity contribution in [3.63, 3.8) is 0 Å². The SMILES string of the molecule is CCc1nc2ccc(C3(C#N)CC3)cc2[nH]1. The van der Waals surface area contributed by atoms with Crippen molar-refractivity contribution in [2.75, 3.05) is 0 Å². The molecular formula is C13H13N3. The number of imidazole rings is 1. The fourth-order valence-electron chi connectivity index (χ4n) is 2.12. The predicted octanol–water partition coefficient (Wildman–Crippen LogP) is 2.68. The highest BCUT2D eigenvalue weighted by Crippen LogP contribution is 2.47. The van der Waals surface area contributed by atoms with Crippen molar-refractivity contribution in [2.24, 2.45) is 0 Å². The Hall–Kier alpha value is -1.82. The molecule has 16 heavy (non-hydrogen) atoms. The second-order valence-corrected chi connectivity index (χ2v) is 4.46. The van der Waals surface area contributed by atoms with Gasteiger partial charge in [0.15, 0.2) is 0 Å². The number of H-pyrrole nitrogens is 1. The Kier molecular flexibility index (Phi) is 1.81. The zero-order chi connectivity index (χ0) is 11.2. The van der Waals surface area contributed by atoms with E-state index in [0.717, 1.165) is 41.7 Å². The Balaban J connectivity index is 2.13. The first-order chi connectivity index (χ1) is 7.77. The number of aromatic amines is 1. The standard InChI is InChI=1S/C13H13N3/c1-2-12-15-10-4-3-9(7-11(10)16-12)13(8-14)5-6-13/h3-4,7H,2,5-6H2,1H3,(H,15,16). The molecule has 0 spiro atoms. The molecule has 0 atom stereocenters. The number of nitrogens with zero attached hydrogens (tertiary/aromatic N) is 2. The van der Waals surface area contributed by atoms with Crippen LogP contribution in [0.2, 0.25) is 0 Å². The second kappa shape index (κ2) is 3.08. The molecule has 1 fully saturated rings. The molecule has 0 saturated heterocycles. The first-order valence-corrected chi connectivity index (χ1v) is 5.68. The minimum Gasteiger partial charge on any atom is -0.342 e. The first-order valence-electron chi connectivity index (χ1n) is 5.68. The number of hydrogen-bond acceptors (Lipinski definition) is 2. The van der Waals surface area contributed by atoms with E-state index in [9.17, 15) is 0 Å². The average Bonchev–Trinajstić information content (AvgIpc) is 3.01. The lowest BCUT2D eigenvalue weighted by Gasteiger charge is -2.04. The number of rotatable bonds is 2. The smallest absolute Gasteiger partial charge is 0.106 e. The van der Waals surface area contributed by atoms with Crippen LogP contribution in [0, 0.1) is 11.3 Å². The number of aryl methyl sites for hydroxylation is 1. The molecule has 0 unspecified atom stereocenters. The Morgan fingerprint density at radius 1 is 1.50 bits per heavy atom. The van der Waals surface area contributed by atoms with E-state index < -0.39 is 0 Å². The number of nitrogens with one attached hydrogen (secondary N) is 1. The van der Waals surface area contributed by atoms with Crippen LogP contribution < -0.4 is 0 Å². The summed E-state index contributed by atoms with van der Waals surface area (Å²) < 4.78 is 0. The van der Waals surface area contributed by atoms with E-state index in [1.165, 1.54) is 0 Å². The molecule has 0 amide bonds. The van der Waals surface area contributed by atoms with Crippen LogP contribution in [0.1, 0.15) is 31.2 Å². The third kappa shape index (κ3) is 1.23. The largest absolute Gasteiger partial charge is 0.342 e. The van der Waals surface area contributed by atoms with Gasteiger partial charge in [-0.2, -0.15) is 5.26 Å². The molecular weight excluding hydrogens is 198 g/mol. The predicted molar refractivity (Wildman–Crippen MR) is 62.0 cm³/mol. The highest BCUT2D eigenvalue weighted by molar-refractivity contribution is 5.76. The van der Waals surface area contributed by atoms with Crippen molar-refractivity contribution < 1.29 is 0 Å². The molecule has 3 heteroatoms. The summed E-state index contributed by atoms with van der Waals surface area (Å²) in [5.41, 5.74) is 2.98. The van der Waals surface area contributed by atoms with Gasteiger partial charge in [-0.1, -0.05) is 13.0 Å². The molecule has 1 saturated carbocycles. The molecule has 0 bridgehead atoms. The maximum atomic E-state index is 9.16. The molecule has 1 aromatic carbocycles. The van der Waals surface area contributed by atoms with Gasteiger partial charge in [-0.3, -0.25) is 0 Å². The van der Waals surface area contributed by atoms with Crippen LogP contribution in [-0.2, 0) is 11.8 Å². The van der Waals surface area contributed by atoms with Crippen LogP contribution in [0.5, 0.6) is 0 Å². The molecule has 0 radical (unpaired) electrons. The van der Waals surface area contributed by atoms with E-state index in [0.29, 0.717) is 0 Å². The van der Waals surface area contributed by atoms with Gasteiger partial charge in [-0.05, 0) is 30.5 Å². The van der Waals surface area contributed by atoms with Crippen LogP contribution in [0.25, 0.3) is 11.0 Å². The zero-order valence-electron chi connectivity index (χ0n) is 9.25. The van der Waals surface area contributed by atoms with Crippen LogP contribution in [-0.4, -0.2) is 9.97 Å². The van der Waals surface area contributed by atoms with E-state index >= 15 is 0 Å². The van der Waals surface area contributed by atoms with Crippen molar-refractivity contribution in [1.82, 2.24) is 9.97 Å². The molecule has 1 aliphatic carbocycles. The topological polar surface area (TPSA) is 52.5 Å². The van der Waals surface area contributed by atoms with Crippen LogP contribution in [0.3, 0.4) is 0 Å². The van der Waals surface area contributed by atoms with Crippen molar-refractivity contribution in [3.8, 4) is 6.07 Å². The number of benzene rings is 1. The van der Waals surface area contributed by atoms with Gasteiger partial charge in [0, 0.05) is 6.42 Å². The Morgan fingerprint density at radius 3 is 2.94 bits per heavy atom. The monoisotopic (exact) mass is 211 g/mol. The second-order valence-electron chi connectivity index (χ2n) is 4.46. The summed E-state index contributed by atoms with van der Waals surface area (Å²) >= 11 is 0. The fraction of sp³-hybridized carbons (Fsp3) is 0.385. The van der Waals surface area contributed by atoms with Gasteiger partial charge in [-0.15, -0.1) is 0 Å². The van der Waals surface area contributed by atoms with Crippen molar-refractivity contribution in [2.45, 2.75) is 31.6 Å². The maximum absolute atomic E-state index is 9.16. The molecule has 2 aromatic rings. The van der Waals surface area contributed by atoms with Gasteiger partial charge in [0.2, 0.25) is 0 Å². The Morgan fingerprint density at radius 2 is 2.31 bits per heavy atom. The normalized spacial score (nSPS) is 17.2. The molecule has 1 N–H and O–H groups in total. The van der Waals surface area contributed by atoms with Gasteiger partial charge in [0.05, 0.1) is 22.5 Å². The lowest BCUT2D eigenvalue weighted by atomic mass is 9.97. The van der Waals surface area contributed by atoms with E-state index in [4.69, 9.17) is 5.26 Å². The zero-order valence-corrected chi connectivity index (χ0v) is 9.25.